The third-order valence-corrected chi connectivity index (χ3v) is 5.31. The predicted molar refractivity (Wildman–Crippen MR) is 87.4 cm³/mol. The molecule has 0 aliphatic carbocycles. The maximum Gasteiger partial charge on any atom is 0.240 e. The second kappa shape index (κ2) is 6.62. The van der Waals surface area contributed by atoms with Gasteiger partial charge in [-0.3, -0.25) is 4.68 Å². The van der Waals surface area contributed by atoms with E-state index in [1.165, 1.54) is 0 Å². The maximum absolute atomic E-state index is 12.2. The number of hydrogen-bond acceptors (Lipinski definition) is 3. The Kier molecular flexibility index (Phi) is 5.03. The van der Waals surface area contributed by atoms with Gasteiger partial charge >= 0.3 is 0 Å². The van der Waals surface area contributed by atoms with Crippen LogP contribution in [0.2, 0.25) is 0 Å². The van der Waals surface area contributed by atoms with Gasteiger partial charge in [0.2, 0.25) is 10.0 Å². The van der Waals surface area contributed by atoms with Crippen LogP contribution in [-0.4, -0.2) is 24.7 Å². The van der Waals surface area contributed by atoms with Gasteiger partial charge in [-0.25, -0.2) is 13.1 Å². The van der Waals surface area contributed by atoms with E-state index < -0.39 is 10.0 Å². The molecule has 1 N–H and O–H groups in total. The summed E-state index contributed by atoms with van der Waals surface area (Å²) in [5, 5.41) is 4.45. The molecule has 2 rings (SSSR count). The third-order valence-electron chi connectivity index (χ3n) is 3.83. The molecule has 0 amide bonds. The van der Waals surface area contributed by atoms with E-state index in [0.717, 1.165) is 29.1 Å². The molecule has 2 aromatic rings. The molecule has 0 saturated heterocycles. The fraction of sp³-hybridized carbons (Fsp3) is 0.438. The van der Waals surface area contributed by atoms with E-state index in [0.29, 0.717) is 17.9 Å². The number of rotatable bonds is 6. The average molecular weight is 321 g/mol. The van der Waals surface area contributed by atoms with Gasteiger partial charge in [-0.05, 0) is 51.8 Å². The van der Waals surface area contributed by atoms with Gasteiger partial charge < -0.3 is 0 Å². The molecule has 1 heterocycles. The molecule has 0 aliphatic heterocycles. The number of aromatic nitrogens is 2. The van der Waals surface area contributed by atoms with Crippen LogP contribution in [0.1, 0.15) is 29.4 Å². The fourth-order valence-electron chi connectivity index (χ4n) is 2.51. The van der Waals surface area contributed by atoms with E-state index in [2.05, 4.69) is 9.82 Å². The average Bonchev–Trinajstić information content (AvgIpc) is 2.75. The normalized spacial score (nSPS) is 11.8. The van der Waals surface area contributed by atoms with Crippen molar-refractivity contribution in [2.75, 3.05) is 6.54 Å². The maximum atomic E-state index is 12.2. The number of sulfonamides is 1. The lowest BCUT2D eigenvalue weighted by molar-refractivity contribution is 0.581. The zero-order chi connectivity index (χ0) is 16.3. The number of aryl methyl sites for hydroxylation is 3. The SMILES string of the molecule is CCn1nc(C)c(CCNS(=O)(=O)c2ccc(C)cc2)c1C. The second-order valence-electron chi connectivity index (χ2n) is 5.43. The van der Waals surface area contributed by atoms with Gasteiger partial charge in [0.05, 0.1) is 10.6 Å². The first-order chi connectivity index (χ1) is 10.3. The Bertz CT molecular complexity index is 746. The molecule has 0 unspecified atom stereocenters. The molecule has 0 radical (unpaired) electrons. The Morgan fingerprint density at radius 1 is 1.14 bits per heavy atom. The number of nitrogens with zero attached hydrogens (tertiary/aromatic N) is 2. The zero-order valence-corrected chi connectivity index (χ0v) is 14.4. The highest BCUT2D eigenvalue weighted by molar-refractivity contribution is 7.89. The molecule has 0 atom stereocenters. The van der Waals surface area contributed by atoms with Gasteiger partial charge in [-0.15, -0.1) is 0 Å². The minimum absolute atomic E-state index is 0.302. The summed E-state index contributed by atoms with van der Waals surface area (Å²) in [4.78, 5) is 0.302. The number of hydrogen-bond donors (Lipinski definition) is 1. The van der Waals surface area contributed by atoms with Crippen LogP contribution in [0.25, 0.3) is 0 Å². The summed E-state index contributed by atoms with van der Waals surface area (Å²) in [6.07, 6.45) is 0.642. The van der Waals surface area contributed by atoms with Crippen LogP contribution in [0.3, 0.4) is 0 Å². The van der Waals surface area contributed by atoms with E-state index in [-0.39, 0.29) is 0 Å². The molecule has 6 heteroatoms. The summed E-state index contributed by atoms with van der Waals surface area (Å²) >= 11 is 0. The van der Waals surface area contributed by atoms with E-state index >= 15 is 0 Å². The zero-order valence-electron chi connectivity index (χ0n) is 13.5. The van der Waals surface area contributed by atoms with Gasteiger partial charge in [-0.2, -0.15) is 5.10 Å². The van der Waals surface area contributed by atoms with Crippen molar-refractivity contribution in [3.63, 3.8) is 0 Å². The van der Waals surface area contributed by atoms with Gasteiger partial charge in [0.15, 0.2) is 0 Å². The first kappa shape index (κ1) is 16.7. The summed E-state index contributed by atoms with van der Waals surface area (Å²) in [5.74, 6) is 0. The first-order valence-electron chi connectivity index (χ1n) is 7.44. The fourth-order valence-corrected chi connectivity index (χ4v) is 3.55. The van der Waals surface area contributed by atoms with Crippen LogP contribution < -0.4 is 4.72 Å². The molecule has 5 nitrogen and oxygen atoms in total. The topological polar surface area (TPSA) is 64.0 Å². The Balaban J connectivity index is 2.04. The van der Waals surface area contributed by atoms with Crippen LogP contribution in [0, 0.1) is 20.8 Å². The molecule has 1 aromatic carbocycles. The molecule has 0 fully saturated rings. The van der Waals surface area contributed by atoms with Crippen molar-refractivity contribution in [3.05, 3.63) is 46.8 Å². The first-order valence-corrected chi connectivity index (χ1v) is 8.92. The van der Waals surface area contributed by atoms with Crippen molar-refractivity contribution in [1.82, 2.24) is 14.5 Å². The van der Waals surface area contributed by atoms with Crippen molar-refractivity contribution in [2.24, 2.45) is 0 Å². The number of nitrogens with one attached hydrogen (secondary N) is 1. The quantitative estimate of drug-likeness (QED) is 0.888. The van der Waals surface area contributed by atoms with Crippen LogP contribution in [0.15, 0.2) is 29.2 Å². The summed E-state index contributed by atoms with van der Waals surface area (Å²) in [6.45, 7) is 9.15. The Morgan fingerprint density at radius 2 is 1.77 bits per heavy atom. The largest absolute Gasteiger partial charge is 0.270 e. The van der Waals surface area contributed by atoms with Crippen LogP contribution in [-0.2, 0) is 23.0 Å². The monoisotopic (exact) mass is 321 g/mol. The Labute approximate surface area is 132 Å². The minimum atomic E-state index is -3.45. The van der Waals surface area contributed by atoms with Crippen molar-refractivity contribution in [1.29, 1.82) is 0 Å². The van der Waals surface area contributed by atoms with Gasteiger partial charge in [0.25, 0.3) is 0 Å². The molecule has 1 aromatic heterocycles. The summed E-state index contributed by atoms with van der Waals surface area (Å²) in [7, 11) is -3.45. The van der Waals surface area contributed by atoms with Gasteiger partial charge in [0.1, 0.15) is 0 Å². The molecule has 120 valence electrons. The summed E-state index contributed by atoms with van der Waals surface area (Å²) < 4.78 is 29.1. The van der Waals surface area contributed by atoms with E-state index in [9.17, 15) is 8.42 Å². The summed E-state index contributed by atoms with van der Waals surface area (Å²) in [5.41, 5.74) is 4.23. The third kappa shape index (κ3) is 3.56. The molecule has 0 saturated carbocycles. The lowest BCUT2D eigenvalue weighted by atomic mass is 10.1. The lowest BCUT2D eigenvalue weighted by Gasteiger charge is -2.07. The molecule has 22 heavy (non-hydrogen) atoms. The van der Waals surface area contributed by atoms with Gasteiger partial charge in [-0.1, -0.05) is 17.7 Å². The van der Waals surface area contributed by atoms with Crippen molar-refractivity contribution in [3.8, 4) is 0 Å². The highest BCUT2D eigenvalue weighted by Crippen LogP contribution is 2.14. The molecule has 0 aliphatic rings. The van der Waals surface area contributed by atoms with Crippen LogP contribution >= 0.6 is 0 Å². The van der Waals surface area contributed by atoms with E-state index in [4.69, 9.17) is 0 Å². The highest BCUT2D eigenvalue weighted by Gasteiger charge is 2.15. The molecule has 0 spiro atoms. The van der Waals surface area contributed by atoms with E-state index in [1.807, 2.05) is 32.4 Å². The number of benzene rings is 1. The van der Waals surface area contributed by atoms with Crippen LogP contribution in [0.5, 0.6) is 0 Å². The second-order valence-corrected chi connectivity index (χ2v) is 7.19. The Hall–Kier alpha value is -1.66. The smallest absolute Gasteiger partial charge is 0.240 e. The summed E-state index contributed by atoms with van der Waals surface area (Å²) in [6, 6.07) is 6.86. The molecule has 0 bridgehead atoms. The lowest BCUT2D eigenvalue weighted by Crippen LogP contribution is -2.26. The van der Waals surface area contributed by atoms with E-state index in [1.54, 1.807) is 24.3 Å². The van der Waals surface area contributed by atoms with Gasteiger partial charge in [0, 0.05) is 18.8 Å². The van der Waals surface area contributed by atoms with Crippen molar-refractivity contribution in [2.45, 2.75) is 45.6 Å². The molecular formula is C16H23N3O2S. The minimum Gasteiger partial charge on any atom is -0.270 e. The van der Waals surface area contributed by atoms with Crippen molar-refractivity contribution < 1.29 is 8.42 Å². The predicted octanol–water partition coefficient (Wildman–Crippen LogP) is 2.35. The van der Waals surface area contributed by atoms with Crippen LogP contribution in [0.4, 0.5) is 0 Å². The van der Waals surface area contributed by atoms with Crippen molar-refractivity contribution >= 4 is 10.0 Å². The standard InChI is InChI=1S/C16H23N3O2S/c1-5-19-14(4)16(13(3)18-19)10-11-17-22(20,21)15-8-6-12(2)7-9-15/h6-9,17H,5,10-11H2,1-4H3. The highest BCUT2D eigenvalue weighted by atomic mass is 32.2. The molecular weight excluding hydrogens is 298 g/mol. The Morgan fingerprint density at radius 3 is 2.32 bits per heavy atom.